The lowest BCUT2D eigenvalue weighted by Gasteiger charge is -2.06. The van der Waals surface area contributed by atoms with Gasteiger partial charge >= 0.3 is 0 Å². The molecule has 134 valence electrons. The predicted molar refractivity (Wildman–Crippen MR) is 113 cm³/mol. The zero-order valence-electron chi connectivity index (χ0n) is 14.5. The Morgan fingerprint density at radius 1 is 1.04 bits per heavy atom. The average molecular weight is 393 g/mol. The lowest BCUT2D eigenvalue weighted by atomic mass is 10.2. The summed E-state index contributed by atoms with van der Waals surface area (Å²) in [5.74, 6) is 7.14. The minimum Gasteiger partial charge on any atom is -0.325 e. The monoisotopic (exact) mass is 392 g/mol. The van der Waals surface area contributed by atoms with Gasteiger partial charge in [0.05, 0.1) is 5.75 Å². The molecule has 0 aliphatic heterocycles. The van der Waals surface area contributed by atoms with Crippen LogP contribution < -0.4 is 5.32 Å². The Kier molecular flexibility index (Phi) is 6.92. The number of rotatable bonds is 5. The molecule has 3 rings (SSSR count). The molecular weight excluding hydrogens is 376 g/mol. The number of carbonyl (C=O) groups is 1. The van der Waals surface area contributed by atoms with E-state index in [1.165, 1.54) is 0 Å². The van der Waals surface area contributed by atoms with Crippen LogP contribution in [0.15, 0.2) is 72.9 Å². The summed E-state index contributed by atoms with van der Waals surface area (Å²) in [5, 5.41) is 3.62. The van der Waals surface area contributed by atoms with Crippen molar-refractivity contribution in [3.8, 4) is 11.8 Å². The maximum atomic E-state index is 12.2. The highest BCUT2D eigenvalue weighted by Gasteiger charge is 2.04. The van der Waals surface area contributed by atoms with Crippen molar-refractivity contribution in [1.29, 1.82) is 0 Å². The second-order valence-electron chi connectivity index (χ2n) is 5.72. The molecule has 1 heterocycles. The molecule has 2 aromatic carbocycles. The molecule has 3 aromatic rings. The molecule has 0 bridgehead atoms. The quantitative estimate of drug-likeness (QED) is 0.621. The van der Waals surface area contributed by atoms with Crippen molar-refractivity contribution in [3.05, 3.63) is 94.8 Å². The van der Waals surface area contributed by atoms with E-state index in [1.807, 2.05) is 66.7 Å². The highest BCUT2D eigenvalue weighted by molar-refractivity contribution is 7.99. The van der Waals surface area contributed by atoms with E-state index in [0.717, 1.165) is 22.6 Å². The van der Waals surface area contributed by atoms with Crippen molar-refractivity contribution < 1.29 is 4.79 Å². The second-order valence-corrected chi connectivity index (χ2v) is 7.14. The third-order valence-corrected chi connectivity index (χ3v) is 4.78. The molecule has 5 heteroatoms. The maximum Gasteiger partial charge on any atom is 0.234 e. The number of carbonyl (C=O) groups excluding carboxylic acids is 1. The molecule has 0 saturated heterocycles. The van der Waals surface area contributed by atoms with E-state index in [4.69, 9.17) is 11.6 Å². The Morgan fingerprint density at radius 3 is 2.74 bits per heavy atom. The van der Waals surface area contributed by atoms with Crippen LogP contribution in [0.5, 0.6) is 0 Å². The number of nitrogens with one attached hydrogen (secondary N) is 1. The van der Waals surface area contributed by atoms with Crippen LogP contribution in [0.2, 0.25) is 5.02 Å². The van der Waals surface area contributed by atoms with E-state index >= 15 is 0 Å². The fourth-order valence-corrected chi connectivity index (χ4v) is 3.32. The van der Waals surface area contributed by atoms with Gasteiger partial charge in [-0.05, 0) is 53.9 Å². The third kappa shape index (κ3) is 6.49. The number of thioether (sulfide) groups is 1. The molecular formula is C22H17ClN2OS. The third-order valence-electron chi connectivity index (χ3n) is 3.54. The molecule has 0 aliphatic rings. The molecule has 0 unspecified atom stereocenters. The van der Waals surface area contributed by atoms with E-state index in [-0.39, 0.29) is 5.91 Å². The van der Waals surface area contributed by atoms with Gasteiger partial charge in [-0.15, -0.1) is 11.8 Å². The first-order valence-corrected chi connectivity index (χ1v) is 9.87. The van der Waals surface area contributed by atoms with Crippen molar-refractivity contribution in [2.45, 2.75) is 5.75 Å². The number of aromatic nitrogens is 1. The number of pyridine rings is 1. The smallest absolute Gasteiger partial charge is 0.234 e. The Morgan fingerprint density at radius 2 is 1.93 bits per heavy atom. The number of amides is 1. The molecule has 0 atom stereocenters. The van der Waals surface area contributed by atoms with E-state index in [0.29, 0.717) is 16.5 Å². The van der Waals surface area contributed by atoms with E-state index in [2.05, 4.69) is 22.1 Å². The number of hydrogen-bond donors (Lipinski definition) is 1. The molecule has 0 aliphatic carbocycles. The first-order chi connectivity index (χ1) is 13.2. The predicted octanol–water partition coefficient (Wildman–Crippen LogP) is 5.01. The lowest BCUT2D eigenvalue weighted by Crippen LogP contribution is -2.14. The largest absolute Gasteiger partial charge is 0.325 e. The Bertz CT molecular complexity index is 980. The highest BCUT2D eigenvalue weighted by atomic mass is 35.5. The van der Waals surface area contributed by atoms with Gasteiger partial charge in [0.15, 0.2) is 0 Å². The number of anilines is 1. The Hall–Kier alpha value is -2.74. The molecule has 1 aromatic heterocycles. The first kappa shape index (κ1) is 19.0. The van der Waals surface area contributed by atoms with Crippen LogP contribution in [0, 0.1) is 11.8 Å². The molecule has 0 radical (unpaired) electrons. The lowest BCUT2D eigenvalue weighted by molar-refractivity contribution is -0.113. The molecule has 0 fully saturated rings. The van der Waals surface area contributed by atoms with E-state index in [1.54, 1.807) is 18.0 Å². The normalized spacial score (nSPS) is 9.96. The first-order valence-electron chi connectivity index (χ1n) is 8.34. The van der Waals surface area contributed by atoms with Crippen LogP contribution in [-0.2, 0) is 10.5 Å². The number of hydrogen-bond acceptors (Lipinski definition) is 3. The summed E-state index contributed by atoms with van der Waals surface area (Å²) >= 11 is 7.52. The van der Waals surface area contributed by atoms with Crippen LogP contribution >= 0.6 is 23.4 Å². The minimum absolute atomic E-state index is 0.0446. The van der Waals surface area contributed by atoms with Crippen LogP contribution in [0.3, 0.4) is 0 Å². The van der Waals surface area contributed by atoms with Crippen LogP contribution in [0.25, 0.3) is 0 Å². The van der Waals surface area contributed by atoms with Gasteiger partial charge in [-0.25, -0.2) is 4.98 Å². The zero-order chi connectivity index (χ0) is 18.9. The molecule has 27 heavy (non-hydrogen) atoms. The van der Waals surface area contributed by atoms with Gasteiger partial charge in [-0.1, -0.05) is 41.8 Å². The van der Waals surface area contributed by atoms with Gasteiger partial charge in [0.2, 0.25) is 5.91 Å². The summed E-state index contributed by atoms with van der Waals surface area (Å²) < 4.78 is 0. The van der Waals surface area contributed by atoms with Gasteiger partial charge in [0.25, 0.3) is 0 Å². The summed E-state index contributed by atoms with van der Waals surface area (Å²) in [6.45, 7) is 0. The summed E-state index contributed by atoms with van der Waals surface area (Å²) in [4.78, 5) is 16.3. The van der Waals surface area contributed by atoms with Crippen LogP contribution in [-0.4, -0.2) is 16.6 Å². The maximum absolute atomic E-state index is 12.2. The van der Waals surface area contributed by atoms with E-state index < -0.39 is 0 Å². The number of halogens is 1. The summed E-state index contributed by atoms with van der Waals surface area (Å²) in [6.07, 6.45) is 1.71. The minimum atomic E-state index is -0.0446. The fourth-order valence-electron chi connectivity index (χ4n) is 2.33. The highest BCUT2D eigenvalue weighted by Crippen LogP contribution is 2.17. The van der Waals surface area contributed by atoms with Gasteiger partial charge in [-0.3, -0.25) is 4.79 Å². The molecule has 1 amide bonds. The molecule has 1 N–H and O–H groups in total. The average Bonchev–Trinajstić information content (AvgIpc) is 2.68. The Balaban J connectivity index is 1.53. The Labute approximate surface area is 168 Å². The standard InChI is InChI=1S/C22H17ClN2OS/c23-19-7-3-6-18(13-19)15-27-16-22(26)25-21-9-4-5-17(14-21)10-11-20-8-1-2-12-24-20/h1-9,12-14H,15-16H2,(H,25,26). The van der Waals surface area contributed by atoms with Crippen LogP contribution in [0.1, 0.15) is 16.8 Å². The van der Waals surface area contributed by atoms with Crippen molar-refractivity contribution in [2.75, 3.05) is 11.1 Å². The summed E-state index contributed by atoms with van der Waals surface area (Å²) in [7, 11) is 0. The zero-order valence-corrected chi connectivity index (χ0v) is 16.1. The van der Waals surface area contributed by atoms with Crippen molar-refractivity contribution in [1.82, 2.24) is 4.98 Å². The van der Waals surface area contributed by atoms with Gasteiger partial charge in [0, 0.05) is 28.2 Å². The van der Waals surface area contributed by atoms with Crippen molar-refractivity contribution in [2.24, 2.45) is 0 Å². The molecule has 0 spiro atoms. The van der Waals surface area contributed by atoms with Gasteiger partial charge < -0.3 is 5.32 Å². The van der Waals surface area contributed by atoms with Crippen LogP contribution in [0.4, 0.5) is 5.69 Å². The number of benzene rings is 2. The summed E-state index contributed by atoms with van der Waals surface area (Å²) in [5.41, 5.74) is 3.37. The second kappa shape index (κ2) is 9.82. The van der Waals surface area contributed by atoms with E-state index in [9.17, 15) is 4.79 Å². The SMILES string of the molecule is O=C(CSCc1cccc(Cl)c1)Nc1cccc(C#Cc2ccccn2)c1. The number of nitrogens with zero attached hydrogens (tertiary/aromatic N) is 1. The fraction of sp³-hybridized carbons (Fsp3) is 0.0909. The molecule has 3 nitrogen and oxygen atoms in total. The molecule has 0 saturated carbocycles. The summed E-state index contributed by atoms with van der Waals surface area (Å²) in [6, 6.07) is 20.8. The van der Waals surface area contributed by atoms with Gasteiger partial charge in [0.1, 0.15) is 5.69 Å². The topological polar surface area (TPSA) is 42.0 Å². The van der Waals surface area contributed by atoms with Crippen molar-refractivity contribution in [3.63, 3.8) is 0 Å². The van der Waals surface area contributed by atoms with Gasteiger partial charge in [-0.2, -0.15) is 0 Å². The van der Waals surface area contributed by atoms with Crippen molar-refractivity contribution >= 4 is 35.0 Å².